The van der Waals surface area contributed by atoms with Crippen LogP contribution in [-0.2, 0) is 6.52 Å². The fourth-order valence-corrected chi connectivity index (χ4v) is 3.80. The van der Waals surface area contributed by atoms with Gasteiger partial charge in [0.15, 0.2) is 1.41 Å². The monoisotopic (exact) mass is 399 g/mol. The minimum Gasteiger partial charge on any atom is -0.367 e. The number of likely N-dealkylation sites (tertiary alicyclic amines) is 1. The molecule has 1 unspecified atom stereocenters. The average molecular weight is 400 g/mol. The van der Waals surface area contributed by atoms with Gasteiger partial charge in [-0.05, 0) is 36.6 Å². The van der Waals surface area contributed by atoms with Gasteiger partial charge in [-0.25, -0.2) is 18.7 Å². The lowest BCUT2D eigenvalue weighted by Gasteiger charge is -2.32. The van der Waals surface area contributed by atoms with Crippen molar-refractivity contribution in [2.45, 2.75) is 25.4 Å². The van der Waals surface area contributed by atoms with Crippen LogP contribution in [0.1, 0.15) is 23.9 Å². The molecule has 4 nitrogen and oxygen atoms in total. The third-order valence-corrected chi connectivity index (χ3v) is 5.11. The Labute approximate surface area is 165 Å². The molecular formula is C18H17ClF2N4S. The van der Waals surface area contributed by atoms with Crippen LogP contribution in [0.5, 0.6) is 0 Å². The van der Waals surface area contributed by atoms with Crippen molar-refractivity contribution in [1.82, 2.24) is 14.9 Å². The minimum atomic E-state index is -1.43. The molecule has 3 aromatic rings. The van der Waals surface area contributed by atoms with Crippen LogP contribution in [0.15, 0.2) is 30.5 Å². The van der Waals surface area contributed by atoms with Crippen LogP contribution in [-0.4, -0.2) is 34.0 Å². The third-order valence-electron chi connectivity index (χ3n) is 4.01. The van der Waals surface area contributed by atoms with E-state index in [1.807, 2.05) is 0 Å². The van der Waals surface area contributed by atoms with Gasteiger partial charge < -0.3 is 5.31 Å². The summed E-state index contributed by atoms with van der Waals surface area (Å²) in [4.78, 5) is 9.93. The summed E-state index contributed by atoms with van der Waals surface area (Å²) in [6.07, 6.45) is -0.0421. The summed E-state index contributed by atoms with van der Waals surface area (Å²) >= 11 is 7.05. The Kier molecular flexibility index (Phi) is 3.58. The number of benzene rings is 1. The van der Waals surface area contributed by atoms with Crippen molar-refractivity contribution in [1.29, 1.82) is 0 Å². The number of thiophene rings is 1. The highest BCUT2D eigenvalue weighted by Crippen LogP contribution is 2.32. The lowest BCUT2D eigenvalue weighted by molar-refractivity contribution is 0.211. The molecule has 1 N–H and O–H groups in total. The molecule has 1 aliphatic heterocycles. The van der Waals surface area contributed by atoms with Crippen LogP contribution in [0.4, 0.5) is 14.6 Å². The fraction of sp³-hybridized carbons (Fsp3) is 0.333. The van der Waals surface area contributed by atoms with Gasteiger partial charge in [-0.1, -0.05) is 11.6 Å². The number of piperidine rings is 1. The first-order chi connectivity index (χ1) is 14.6. The van der Waals surface area contributed by atoms with E-state index in [-0.39, 0.29) is 59.4 Å². The van der Waals surface area contributed by atoms with E-state index >= 15 is 0 Å². The van der Waals surface area contributed by atoms with E-state index in [0.29, 0.717) is 4.83 Å². The number of hydrogen-bond acceptors (Lipinski definition) is 5. The van der Waals surface area contributed by atoms with Crippen LogP contribution in [0, 0.1) is 11.6 Å². The molecule has 4 rings (SSSR count). The molecule has 3 heterocycles. The van der Waals surface area contributed by atoms with Crippen molar-refractivity contribution in [3.63, 3.8) is 0 Å². The molecule has 8 heteroatoms. The van der Waals surface area contributed by atoms with Crippen LogP contribution in [0.2, 0.25) is 5.75 Å². The fourth-order valence-electron chi connectivity index (χ4n) is 2.83. The maximum atomic E-state index is 13.5. The SMILES string of the molecule is [2H]c1nc(N([2H])C2([2H])CCN(C([2H])c3cc(F)cc(F)c3)CC2)c2c([2H])c(Cl)sc2n1. The molecule has 0 radical (unpaired) electrons. The standard InChI is InChI=1S/C18H17ClF2N4S/c19-16-8-15-17(22-10-23-18(15)26-16)24-14-1-3-25(4-2-14)9-11-5-12(20)7-13(21)6-11/h5-8,10,14H,1-4,9H2,(H,22,23,24)/i8D,9D,10D,14D/hD. The lowest BCUT2D eigenvalue weighted by atomic mass is 10.0. The van der Waals surface area contributed by atoms with Crippen molar-refractivity contribution < 1.29 is 15.7 Å². The summed E-state index contributed by atoms with van der Waals surface area (Å²) < 4.78 is 68.9. The zero-order valence-corrected chi connectivity index (χ0v) is 15.0. The average Bonchev–Trinajstić information content (AvgIpc) is 2.99. The molecule has 1 fully saturated rings. The van der Waals surface area contributed by atoms with Crippen molar-refractivity contribution in [2.24, 2.45) is 0 Å². The van der Waals surface area contributed by atoms with Crippen LogP contribution < -0.4 is 5.31 Å². The van der Waals surface area contributed by atoms with Gasteiger partial charge in [-0.3, -0.25) is 4.90 Å². The zero-order chi connectivity index (χ0) is 22.5. The summed E-state index contributed by atoms with van der Waals surface area (Å²) in [5.41, 5.74) is 0.181. The summed E-state index contributed by atoms with van der Waals surface area (Å²) in [6.45, 7) is -0.522. The van der Waals surface area contributed by atoms with Crippen molar-refractivity contribution in [2.75, 3.05) is 18.4 Å². The molecule has 26 heavy (non-hydrogen) atoms. The molecule has 2 aromatic heterocycles. The quantitative estimate of drug-likeness (QED) is 0.690. The van der Waals surface area contributed by atoms with Crippen LogP contribution in [0.3, 0.4) is 0 Å². The maximum Gasteiger partial charge on any atom is 0.162 e. The van der Waals surface area contributed by atoms with Gasteiger partial charge >= 0.3 is 0 Å². The van der Waals surface area contributed by atoms with Crippen LogP contribution in [0.25, 0.3) is 10.2 Å². The Balaban J connectivity index is 1.57. The Morgan fingerprint density at radius 2 is 2.08 bits per heavy atom. The van der Waals surface area contributed by atoms with E-state index in [1.54, 1.807) is 4.90 Å². The molecule has 1 saturated heterocycles. The van der Waals surface area contributed by atoms with Gasteiger partial charge in [0.05, 0.1) is 12.5 Å². The van der Waals surface area contributed by atoms with Gasteiger partial charge in [-0.15, -0.1) is 11.3 Å². The van der Waals surface area contributed by atoms with Gasteiger partial charge in [0.1, 0.15) is 30.0 Å². The van der Waals surface area contributed by atoms with E-state index in [9.17, 15) is 8.78 Å². The maximum absolute atomic E-state index is 13.5. The van der Waals surface area contributed by atoms with Gasteiger partial charge in [-0.2, -0.15) is 0 Å². The first-order valence-corrected chi connectivity index (χ1v) is 9.13. The zero-order valence-electron chi connectivity index (χ0n) is 18.5. The van der Waals surface area contributed by atoms with Crippen molar-refractivity contribution in [3.05, 3.63) is 52.1 Å². The second-order valence-corrected chi connectivity index (χ2v) is 7.48. The summed E-state index contributed by atoms with van der Waals surface area (Å²) in [5.74, 6) is -1.53. The topological polar surface area (TPSA) is 41.1 Å². The predicted octanol–water partition coefficient (Wildman–Crippen LogP) is 4.70. The molecule has 1 aromatic carbocycles. The Bertz CT molecular complexity index is 1120. The first-order valence-electron chi connectivity index (χ1n) is 10.5. The Hall–Kier alpha value is -1.83. The predicted molar refractivity (Wildman–Crippen MR) is 101 cm³/mol. The highest BCUT2D eigenvalue weighted by Gasteiger charge is 2.21. The number of anilines is 1. The third kappa shape index (κ3) is 3.95. The number of nitrogens with one attached hydrogen (secondary N) is 1. The lowest BCUT2D eigenvalue weighted by Crippen LogP contribution is -2.38. The largest absolute Gasteiger partial charge is 0.367 e. The normalized spacial score (nSPS) is 21.4. The van der Waals surface area contributed by atoms with E-state index in [2.05, 4.69) is 9.97 Å². The summed E-state index contributed by atoms with van der Waals surface area (Å²) in [6, 6.07) is 1.50. The van der Waals surface area contributed by atoms with Gasteiger partial charge in [0.2, 0.25) is 0 Å². The molecule has 136 valence electrons. The molecule has 0 spiro atoms. The molecular weight excluding hydrogens is 378 g/mol. The van der Waals surface area contributed by atoms with E-state index in [1.165, 1.54) is 0 Å². The molecule has 0 saturated carbocycles. The Morgan fingerprint density at radius 3 is 2.81 bits per heavy atom. The molecule has 1 atom stereocenters. The second kappa shape index (κ2) is 7.42. The summed E-state index contributed by atoms with van der Waals surface area (Å²) in [7, 11) is 0. The van der Waals surface area contributed by atoms with E-state index in [4.69, 9.17) is 18.5 Å². The number of rotatable bonds is 4. The molecule has 0 amide bonds. The highest BCUT2D eigenvalue weighted by molar-refractivity contribution is 7.22. The highest BCUT2D eigenvalue weighted by atomic mass is 35.5. The number of nitrogens with zero attached hydrogens (tertiary/aromatic N) is 3. The first kappa shape index (κ1) is 12.5. The summed E-state index contributed by atoms with van der Waals surface area (Å²) in [5, 5.41) is 1.11. The minimum absolute atomic E-state index is 0.0266. The van der Waals surface area contributed by atoms with E-state index in [0.717, 1.165) is 34.8 Å². The second-order valence-electron chi connectivity index (χ2n) is 5.87. The molecule has 0 bridgehead atoms. The number of fused-ring (bicyclic) bond motifs is 1. The molecule has 0 aliphatic carbocycles. The van der Waals surface area contributed by atoms with Crippen LogP contribution >= 0.6 is 22.9 Å². The van der Waals surface area contributed by atoms with Crippen molar-refractivity contribution in [3.8, 4) is 0 Å². The molecule has 1 aliphatic rings. The van der Waals surface area contributed by atoms with Gasteiger partial charge in [0, 0.05) is 33.1 Å². The smallest absolute Gasteiger partial charge is 0.162 e. The number of halogens is 3. The van der Waals surface area contributed by atoms with E-state index < -0.39 is 24.2 Å². The Morgan fingerprint density at radius 1 is 1.35 bits per heavy atom. The number of hydrogen-bond donors (Lipinski definition) is 1. The van der Waals surface area contributed by atoms with Gasteiger partial charge in [0.25, 0.3) is 0 Å². The van der Waals surface area contributed by atoms with Crippen molar-refractivity contribution >= 4 is 39.0 Å². The number of aromatic nitrogens is 2.